The fourth-order valence-corrected chi connectivity index (χ4v) is 5.14. The Hall–Kier alpha value is -3.26. The smallest absolute Gasteiger partial charge is 0.251 e. The Morgan fingerprint density at radius 1 is 1.06 bits per heavy atom. The van der Waals surface area contributed by atoms with E-state index in [1.165, 1.54) is 4.90 Å². The van der Waals surface area contributed by atoms with Crippen LogP contribution in [0.3, 0.4) is 0 Å². The highest BCUT2D eigenvalue weighted by Crippen LogP contribution is 2.34. The molecule has 2 aromatic rings. The summed E-state index contributed by atoms with van der Waals surface area (Å²) >= 11 is 0. The van der Waals surface area contributed by atoms with Crippen LogP contribution in [0.2, 0.25) is 0 Å². The number of hydrogen-bond acceptors (Lipinski definition) is 5. The maximum absolute atomic E-state index is 14.2. The third-order valence-electron chi connectivity index (χ3n) is 6.99. The zero-order valence-electron chi connectivity index (χ0n) is 20.5. The zero-order valence-corrected chi connectivity index (χ0v) is 20.5. The molecule has 0 bridgehead atoms. The Kier molecular flexibility index (Phi) is 8.13. The molecular weight excluding hydrogens is 442 g/mol. The molecule has 35 heavy (non-hydrogen) atoms. The van der Waals surface area contributed by atoms with Gasteiger partial charge in [-0.15, -0.1) is 0 Å². The minimum absolute atomic E-state index is 0.0274. The molecule has 0 spiro atoms. The predicted molar refractivity (Wildman–Crippen MR) is 136 cm³/mol. The van der Waals surface area contributed by atoms with E-state index in [2.05, 4.69) is 20.9 Å². The quantitative estimate of drug-likeness (QED) is 0.542. The van der Waals surface area contributed by atoms with Crippen molar-refractivity contribution in [1.82, 2.24) is 15.6 Å². The van der Waals surface area contributed by atoms with Gasteiger partial charge in [-0.2, -0.15) is 0 Å². The summed E-state index contributed by atoms with van der Waals surface area (Å²) < 4.78 is 0. The van der Waals surface area contributed by atoms with Gasteiger partial charge in [-0.1, -0.05) is 50.5 Å². The van der Waals surface area contributed by atoms with Crippen LogP contribution < -0.4 is 20.9 Å². The van der Waals surface area contributed by atoms with E-state index in [0.717, 1.165) is 37.7 Å². The SMILES string of the molecule is CCN[C@@H](C)C(=O)N[C@H](C(=O)N1c2ncccc2C[C@H]1C(=O)Nc1ccccc1)C1CCCCC1. The summed E-state index contributed by atoms with van der Waals surface area (Å²) in [5.41, 5.74) is 1.52. The minimum Gasteiger partial charge on any atom is -0.343 e. The molecule has 0 radical (unpaired) electrons. The second-order valence-electron chi connectivity index (χ2n) is 9.43. The van der Waals surface area contributed by atoms with Gasteiger partial charge in [0.2, 0.25) is 11.8 Å². The van der Waals surface area contributed by atoms with E-state index in [1.54, 1.807) is 13.1 Å². The maximum Gasteiger partial charge on any atom is 0.251 e. The van der Waals surface area contributed by atoms with Crippen LogP contribution in [0, 0.1) is 5.92 Å². The van der Waals surface area contributed by atoms with E-state index < -0.39 is 18.1 Å². The number of fused-ring (bicyclic) bond motifs is 1. The molecule has 2 heterocycles. The zero-order chi connectivity index (χ0) is 24.8. The fraction of sp³-hybridized carbons (Fsp3) is 0.481. The van der Waals surface area contributed by atoms with Crippen LogP contribution in [-0.2, 0) is 20.8 Å². The lowest BCUT2D eigenvalue weighted by molar-refractivity contribution is -0.131. The first-order chi connectivity index (χ1) is 17.0. The molecule has 4 rings (SSSR count). The molecule has 1 aromatic heterocycles. The molecule has 1 aromatic carbocycles. The number of carbonyl (C=O) groups excluding carboxylic acids is 3. The first-order valence-corrected chi connectivity index (χ1v) is 12.7. The van der Waals surface area contributed by atoms with Gasteiger partial charge >= 0.3 is 0 Å². The van der Waals surface area contributed by atoms with Crippen molar-refractivity contribution in [2.24, 2.45) is 5.92 Å². The number of nitrogens with one attached hydrogen (secondary N) is 3. The normalized spacial score (nSPS) is 19.5. The molecule has 8 nitrogen and oxygen atoms in total. The number of pyridine rings is 1. The average Bonchev–Trinajstić information content (AvgIpc) is 3.28. The number of nitrogens with zero attached hydrogens (tertiary/aromatic N) is 2. The van der Waals surface area contributed by atoms with E-state index in [4.69, 9.17) is 0 Å². The summed E-state index contributed by atoms with van der Waals surface area (Å²) in [5.74, 6) is -0.210. The fourth-order valence-electron chi connectivity index (χ4n) is 5.14. The number of benzene rings is 1. The lowest BCUT2D eigenvalue weighted by Crippen LogP contribution is -2.58. The first kappa shape index (κ1) is 24.9. The number of anilines is 2. The highest BCUT2D eigenvalue weighted by atomic mass is 16.2. The second-order valence-corrected chi connectivity index (χ2v) is 9.43. The van der Waals surface area contributed by atoms with Crippen LogP contribution in [-0.4, -0.2) is 47.4 Å². The average molecular weight is 478 g/mol. The molecule has 1 saturated carbocycles. The first-order valence-electron chi connectivity index (χ1n) is 12.7. The van der Waals surface area contributed by atoms with Gasteiger partial charge in [0.05, 0.1) is 6.04 Å². The number of para-hydroxylation sites is 1. The van der Waals surface area contributed by atoms with Gasteiger partial charge in [0, 0.05) is 18.3 Å². The Morgan fingerprint density at radius 2 is 1.80 bits per heavy atom. The lowest BCUT2D eigenvalue weighted by Gasteiger charge is -2.35. The van der Waals surface area contributed by atoms with Crippen molar-refractivity contribution < 1.29 is 14.4 Å². The summed E-state index contributed by atoms with van der Waals surface area (Å²) in [6.45, 7) is 4.39. The number of rotatable bonds is 8. The van der Waals surface area contributed by atoms with Gasteiger partial charge in [0.15, 0.2) is 0 Å². The van der Waals surface area contributed by atoms with Crippen molar-refractivity contribution in [3.8, 4) is 0 Å². The van der Waals surface area contributed by atoms with Crippen molar-refractivity contribution in [3.05, 3.63) is 54.2 Å². The molecule has 8 heteroatoms. The van der Waals surface area contributed by atoms with Gasteiger partial charge in [0.25, 0.3) is 5.91 Å². The van der Waals surface area contributed by atoms with Gasteiger partial charge in [0.1, 0.15) is 17.9 Å². The summed E-state index contributed by atoms with van der Waals surface area (Å²) in [6.07, 6.45) is 6.95. The van der Waals surface area contributed by atoms with Crippen LogP contribution in [0.4, 0.5) is 11.5 Å². The molecule has 1 aliphatic carbocycles. The van der Waals surface area contributed by atoms with E-state index in [9.17, 15) is 14.4 Å². The van der Waals surface area contributed by atoms with Crippen LogP contribution in [0.5, 0.6) is 0 Å². The van der Waals surface area contributed by atoms with Crippen molar-refractivity contribution in [3.63, 3.8) is 0 Å². The number of aromatic nitrogens is 1. The van der Waals surface area contributed by atoms with Crippen molar-refractivity contribution >= 4 is 29.2 Å². The molecule has 1 fully saturated rings. The third-order valence-corrected chi connectivity index (χ3v) is 6.99. The third kappa shape index (κ3) is 5.70. The van der Waals surface area contributed by atoms with Crippen LogP contribution in [0.25, 0.3) is 0 Å². The van der Waals surface area contributed by atoms with E-state index >= 15 is 0 Å². The maximum atomic E-state index is 14.2. The summed E-state index contributed by atoms with van der Waals surface area (Å²) in [6, 6.07) is 11.1. The van der Waals surface area contributed by atoms with Crippen molar-refractivity contribution in [2.75, 3.05) is 16.8 Å². The number of carbonyl (C=O) groups is 3. The van der Waals surface area contributed by atoms with Gasteiger partial charge in [-0.25, -0.2) is 4.98 Å². The Morgan fingerprint density at radius 3 is 2.51 bits per heavy atom. The molecule has 3 atom stereocenters. The van der Waals surface area contributed by atoms with Crippen LogP contribution >= 0.6 is 0 Å². The highest BCUT2D eigenvalue weighted by Gasteiger charge is 2.44. The lowest BCUT2D eigenvalue weighted by atomic mass is 9.83. The number of likely N-dealkylation sites (N-methyl/N-ethyl adjacent to an activating group) is 1. The van der Waals surface area contributed by atoms with Gasteiger partial charge in [-0.05, 0) is 56.0 Å². The minimum atomic E-state index is -0.734. The standard InChI is InChI=1S/C27H35N5O3/c1-3-28-18(2)25(33)31-23(19-11-6-4-7-12-19)27(35)32-22(17-20-13-10-16-29-24(20)32)26(34)30-21-14-8-5-9-15-21/h5,8-10,13-16,18-19,22-23,28H,3-4,6-7,11-12,17H2,1-2H3,(H,30,34)(H,31,33)/t18-,22-,23-/m0/s1. The molecule has 0 saturated heterocycles. The Balaban J connectivity index is 1.63. The van der Waals surface area contributed by atoms with Crippen molar-refractivity contribution in [1.29, 1.82) is 0 Å². The van der Waals surface area contributed by atoms with E-state index in [1.807, 2.05) is 49.4 Å². The van der Waals surface area contributed by atoms with Gasteiger partial charge in [-0.3, -0.25) is 19.3 Å². The predicted octanol–water partition coefficient (Wildman–Crippen LogP) is 3.04. The summed E-state index contributed by atoms with van der Waals surface area (Å²) in [4.78, 5) is 46.5. The highest BCUT2D eigenvalue weighted by molar-refractivity contribution is 6.09. The monoisotopic (exact) mass is 477 g/mol. The number of hydrogen-bond donors (Lipinski definition) is 3. The van der Waals surface area contributed by atoms with E-state index in [-0.39, 0.29) is 23.6 Å². The molecular formula is C27H35N5O3. The largest absolute Gasteiger partial charge is 0.343 e. The van der Waals surface area contributed by atoms with Crippen molar-refractivity contribution in [2.45, 2.75) is 70.5 Å². The van der Waals surface area contributed by atoms with Crippen LogP contribution in [0.1, 0.15) is 51.5 Å². The second kappa shape index (κ2) is 11.4. The topological polar surface area (TPSA) is 103 Å². The molecule has 186 valence electrons. The Labute approximate surface area is 206 Å². The molecule has 0 unspecified atom stereocenters. The molecule has 3 N–H and O–H groups in total. The van der Waals surface area contributed by atoms with E-state index in [0.29, 0.717) is 24.5 Å². The molecule has 2 aliphatic rings. The molecule has 3 amide bonds. The summed E-state index contributed by atoms with van der Waals surface area (Å²) in [7, 11) is 0. The molecule has 1 aliphatic heterocycles. The number of amides is 3. The Bertz CT molecular complexity index is 1040. The summed E-state index contributed by atoms with van der Waals surface area (Å²) in [5, 5.41) is 9.09. The van der Waals surface area contributed by atoms with Gasteiger partial charge < -0.3 is 16.0 Å². The van der Waals surface area contributed by atoms with Crippen LogP contribution in [0.15, 0.2) is 48.7 Å².